The molecule has 1 aromatic heterocycles. The molecule has 1 N–H and O–H groups in total. The standard InChI is InChI=1S/C18H23NOS/c1-13(10-14-8-9-21-12-14)19-16-11-18(2,3)20-17-7-5-4-6-15(16)17/h4-9,12-13,16,19H,10-11H2,1-3H3. The molecule has 0 aliphatic carbocycles. The first-order valence-electron chi connectivity index (χ1n) is 7.58. The molecule has 2 aromatic rings. The number of hydrogen-bond acceptors (Lipinski definition) is 3. The first kappa shape index (κ1) is 14.6. The summed E-state index contributed by atoms with van der Waals surface area (Å²) in [5, 5.41) is 8.18. The van der Waals surface area contributed by atoms with E-state index in [4.69, 9.17) is 4.74 Å². The molecule has 2 atom stereocenters. The Labute approximate surface area is 131 Å². The summed E-state index contributed by atoms with van der Waals surface area (Å²) in [5.74, 6) is 1.02. The van der Waals surface area contributed by atoms with E-state index in [1.54, 1.807) is 11.3 Å². The Kier molecular flexibility index (Phi) is 4.05. The van der Waals surface area contributed by atoms with E-state index in [0.29, 0.717) is 12.1 Å². The molecule has 0 bridgehead atoms. The van der Waals surface area contributed by atoms with Crippen molar-refractivity contribution in [1.29, 1.82) is 0 Å². The van der Waals surface area contributed by atoms with Gasteiger partial charge in [-0.25, -0.2) is 0 Å². The maximum Gasteiger partial charge on any atom is 0.124 e. The predicted molar refractivity (Wildman–Crippen MR) is 89.1 cm³/mol. The number of rotatable bonds is 4. The van der Waals surface area contributed by atoms with Crippen LogP contribution in [0.25, 0.3) is 0 Å². The molecule has 21 heavy (non-hydrogen) atoms. The van der Waals surface area contributed by atoms with Crippen LogP contribution in [0.2, 0.25) is 0 Å². The normalized spacial score (nSPS) is 21.4. The quantitative estimate of drug-likeness (QED) is 0.893. The van der Waals surface area contributed by atoms with Crippen molar-refractivity contribution in [2.75, 3.05) is 0 Å². The topological polar surface area (TPSA) is 21.3 Å². The number of para-hydroxylation sites is 1. The van der Waals surface area contributed by atoms with Crippen molar-refractivity contribution < 1.29 is 4.74 Å². The zero-order chi connectivity index (χ0) is 14.9. The lowest BCUT2D eigenvalue weighted by Gasteiger charge is -2.39. The van der Waals surface area contributed by atoms with Crippen molar-refractivity contribution in [3.8, 4) is 5.75 Å². The van der Waals surface area contributed by atoms with E-state index < -0.39 is 0 Å². The average Bonchev–Trinajstić information content (AvgIpc) is 2.90. The minimum atomic E-state index is -0.117. The molecule has 0 radical (unpaired) electrons. The van der Waals surface area contributed by atoms with Crippen molar-refractivity contribution in [1.82, 2.24) is 5.32 Å². The van der Waals surface area contributed by atoms with Gasteiger partial charge in [0.05, 0.1) is 0 Å². The molecular weight excluding hydrogens is 278 g/mol. The Bertz CT molecular complexity index is 591. The van der Waals surface area contributed by atoms with Crippen molar-refractivity contribution >= 4 is 11.3 Å². The molecule has 112 valence electrons. The molecule has 1 aliphatic rings. The summed E-state index contributed by atoms with van der Waals surface area (Å²) in [6.45, 7) is 6.60. The summed E-state index contributed by atoms with van der Waals surface area (Å²) in [7, 11) is 0. The van der Waals surface area contributed by atoms with Gasteiger partial charge in [0.1, 0.15) is 11.4 Å². The van der Waals surface area contributed by atoms with Crippen molar-refractivity contribution in [3.63, 3.8) is 0 Å². The molecule has 3 heteroatoms. The van der Waals surface area contributed by atoms with Crippen LogP contribution in [-0.2, 0) is 6.42 Å². The molecule has 1 aromatic carbocycles. The Morgan fingerprint density at radius 3 is 2.90 bits per heavy atom. The molecule has 2 unspecified atom stereocenters. The molecule has 3 rings (SSSR count). The Balaban J connectivity index is 1.75. The number of hydrogen-bond donors (Lipinski definition) is 1. The van der Waals surface area contributed by atoms with E-state index in [1.165, 1.54) is 11.1 Å². The Morgan fingerprint density at radius 1 is 1.33 bits per heavy atom. The van der Waals surface area contributed by atoms with Crippen LogP contribution in [0.1, 0.15) is 44.4 Å². The highest BCUT2D eigenvalue weighted by atomic mass is 32.1. The van der Waals surface area contributed by atoms with E-state index in [0.717, 1.165) is 18.6 Å². The van der Waals surface area contributed by atoms with Crippen LogP contribution in [0.3, 0.4) is 0 Å². The molecule has 2 nitrogen and oxygen atoms in total. The molecule has 2 heterocycles. The molecule has 0 amide bonds. The van der Waals surface area contributed by atoms with Gasteiger partial charge >= 0.3 is 0 Å². The lowest BCUT2D eigenvalue weighted by molar-refractivity contribution is 0.0641. The fourth-order valence-electron chi connectivity index (χ4n) is 3.12. The van der Waals surface area contributed by atoms with Crippen LogP contribution in [-0.4, -0.2) is 11.6 Å². The second-order valence-electron chi connectivity index (χ2n) is 6.56. The van der Waals surface area contributed by atoms with Crippen molar-refractivity contribution in [2.24, 2.45) is 0 Å². The third-order valence-corrected chi connectivity index (χ3v) is 4.72. The summed E-state index contributed by atoms with van der Waals surface area (Å²) in [6, 6.07) is 11.4. The third kappa shape index (κ3) is 3.47. The lowest BCUT2D eigenvalue weighted by Crippen LogP contribution is -2.42. The zero-order valence-corrected chi connectivity index (χ0v) is 13.7. The highest BCUT2D eigenvalue weighted by Gasteiger charge is 2.33. The van der Waals surface area contributed by atoms with Crippen molar-refractivity contribution in [3.05, 3.63) is 52.2 Å². The summed E-state index contributed by atoms with van der Waals surface area (Å²) in [4.78, 5) is 0. The summed E-state index contributed by atoms with van der Waals surface area (Å²) in [5.41, 5.74) is 2.59. The van der Waals surface area contributed by atoms with Gasteiger partial charge in [0.25, 0.3) is 0 Å². The van der Waals surface area contributed by atoms with Gasteiger partial charge in [0.15, 0.2) is 0 Å². The minimum absolute atomic E-state index is 0.117. The van der Waals surface area contributed by atoms with E-state index in [9.17, 15) is 0 Å². The van der Waals surface area contributed by atoms with Gasteiger partial charge in [-0.15, -0.1) is 0 Å². The largest absolute Gasteiger partial charge is 0.487 e. The Morgan fingerprint density at radius 2 is 2.14 bits per heavy atom. The first-order chi connectivity index (χ1) is 10.0. The molecule has 0 spiro atoms. The first-order valence-corrected chi connectivity index (χ1v) is 8.53. The second kappa shape index (κ2) is 5.82. The van der Waals surface area contributed by atoms with Crippen molar-refractivity contribution in [2.45, 2.75) is 51.3 Å². The predicted octanol–water partition coefficient (Wildman–Crippen LogP) is 4.57. The van der Waals surface area contributed by atoms with E-state index in [2.05, 4.69) is 61.1 Å². The highest BCUT2D eigenvalue weighted by molar-refractivity contribution is 7.07. The number of thiophene rings is 1. The molecule has 0 saturated heterocycles. The minimum Gasteiger partial charge on any atom is -0.487 e. The van der Waals surface area contributed by atoms with Crippen LogP contribution >= 0.6 is 11.3 Å². The van der Waals surface area contributed by atoms with Crippen LogP contribution in [0.15, 0.2) is 41.1 Å². The lowest BCUT2D eigenvalue weighted by atomic mass is 9.89. The SMILES string of the molecule is CC(Cc1ccsc1)NC1CC(C)(C)Oc2ccccc21. The van der Waals surface area contributed by atoms with E-state index in [1.807, 2.05) is 6.07 Å². The van der Waals surface area contributed by atoms with Crippen LogP contribution in [0.5, 0.6) is 5.75 Å². The van der Waals surface area contributed by atoms with Gasteiger partial charge in [-0.2, -0.15) is 11.3 Å². The van der Waals surface area contributed by atoms with Crippen LogP contribution in [0.4, 0.5) is 0 Å². The average molecular weight is 301 g/mol. The Hall–Kier alpha value is -1.32. The maximum atomic E-state index is 6.10. The molecule has 1 aliphatic heterocycles. The van der Waals surface area contributed by atoms with Gasteiger partial charge in [0.2, 0.25) is 0 Å². The molecular formula is C18H23NOS. The summed E-state index contributed by atoms with van der Waals surface area (Å²) >= 11 is 1.77. The fourth-order valence-corrected chi connectivity index (χ4v) is 3.80. The number of nitrogens with one attached hydrogen (secondary N) is 1. The fraction of sp³-hybridized carbons (Fsp3) is 0.444. The van der Waals surface area contributed by atoms with Gasteiger partial charge in [0, 0.05) is 24.1 Å². The third-order valence-electron chi connectivity index (χ3n) is 3.98. The van der Waals surface area contributed by atoms with Crippen LogP contribution < -0.4 is 10.1 Å². The van der Waals surface area contributed by atoms with Crippen LogP contribution in [0, 0.1) is 0 Å². The maximum absolute atomic E-state index is 6.10. The zero-order valence-electron chi connectivity index (χ0n) is 12.9. The second-order valence-corrected chi connectivity index (χ2v) is 7.34. The van der Waals surface area contributed by atoms with Gasteiger partial charge in [-0.05, 0) is 55.6 Å². The number of fused-ring (bicyclic) bond motifs is 1. The smallest absolute Gasteiger partial charge is 0.124 e. The highest BCUT2D eigenvalue weighted by Crippen LogP contribution is 2.39. The molecule has 0 fully saturated rings. The summed E-state index contributed by atoms with van der Waals surface area (Å²) < 4.78 is 6.10. The summed E-state index contributed by atoms with van der Waals surface area (Å²) in [6.07, 6.45) is 2.07. The van der Waals surface area contributed by atoms with Gasteiger partial charge in [-0.1, -0.05) is 18.2 Å². The van der Waals surface area contributed by atoms with Gasteiger partial charge in [-0.3, -0.25) is 0 Å². The number of ether oxygens (including phenoxy) is 1. The molecule has 0 saturated carbocycles. The van der Waals surface area contributed by atoms with E-state index >= 15 is 0 Å². The number of benzene rings is 1. The monoisotopic (exact) mass is 301 g/mol. The van der Waals surface area contributed by atoms with Gasteiger partial charge < -0.3 is 10.1 Å². The van der Waals surface area contributed by atoms with E-state index in [-0.39, 0.29) is 5.60 Å².